The number of phenols is 1. The zero-order chi connectivity index (χ0) is 16.4. The highest BCUT2D eigenvalue weighted by Gasteiger charge is 2.12. The van der Waals surface area contributed by atoms with E-state index in [9.17, 15) is 9.90 Å². The van der Waals surface area contributed by atoms with Crippen LogP contribution in [0.5, 0.6) is 11.5 Å². The Bertz CT molecular complexity index is 873. The number of ether oxygens (including phenoxy) is 1. The fourth-order valence-corrected chi connectivity index (χ4v) is 2.64. The lowest BCUT2D eigenvalue weighted by molar-refractivity contribution is 0.102. The van der Waals surface area contributed by atoms with E-state index < -0.39 is 0 Å². The SMILES string of the molecule is CCOc1ccc2cc(C(=O)Nc3cc(Br)ccc3O)[nH]c2c1. The fraction of sp³-hybridized carbons (Fsp3) is 0.118. The van der Waals surface area contributed by atoms with Crippen LogP contribution in [0, 0.1) is 0 Å². The van der Waals surface area contributed by atoms with Crippen LogP contribution in [0.3, 0.4) is 0 Å². The van der Waals surface area contributed by atoms with Crippen molar-refractivity contribution in [2.45, 2.75) is 6.92 Å². The van der Waals surface area contributed by atoms with Gasteiger partial charge in [-0.3, -0.25) is 4.79 Å². The molecule has 0 unspecified atom stereocenters. The number of carbonyl (C=O) groups excluding carboxylic acids is 1. The first-order valence-corrected chi connectivity index (χ1v) is 7.91. The van der Waals surface area contributed by atoms with Gasteiger partial charge in [-0.1, -0.05) is 15.9 Å². The number of nitrogens with one attached hydrogen (secondary N) is 2. The van der Waals surface area contributed by atoms with E-state index >= 15 is 0 Å². The summed E-state index contributed by atoms with van der Waals surface area (Å²) in [4.78, 5) is 15.4. The van der Waals surface area contributed by atoms with Gasteiger partial charge in [-0.15, -0.1) is 0 Å². The van der Waals surface area contributed by atoms with E-state index in [0.29, 0.717) is 18.0 Å². The molecular weight excluding hydrogens is 360 g/mol. The van der Waals surface area contributed by atoms with Gasteiger partial charge in [0.05, 0.1) is 12.3 Å². The molecule has 0 saturated heterocycles. The third-order valence-corrected chi connectivity index (χ3v) is 3.85. The Labute approximate surface area is 141 Å². The molecule has 0 aliphatic heterocycles. The molecule has 0 spiro atoms. The molecule has 2 aromatic carbocycles. The predicted molar refractivity (Wildman–Crippen MR) is 93.2 cm³/mol. The number of hydrogen-bond donors (Lipinski definition) is 3. The number of amides is 1. The van der Waals surface area contributed by atoms with Gasteiger partial charge in [0.2, 0.25) is 0 Å². The van der Waals surface area contributed by atoms with Gasteiger partial charge in [0, 0.05) is 21.4 Å². The lowest BCUT2D eigenvalue weighted by Crippen LogP contribution is -2.12. The van der Waals surface area contributed by atoms with Crippen LogP contribution < -0.4 is 10.1 Å². The molecule has 0 aliphatic carbocycles. The monoisotopic (exact) mass is 374 g/mol. The fourth-order valence-electron chi connectivity index (χ4n) is 2.28. The molecule has 1 amide bonds. The van der Waals surface area contributed by atoms with Gasteiger partial charge >= 0.3 is 0 Å². The summed E-state index contributed by atoms with van der Waals surface area (Å²) in [7, 11) is 0. The second-order valence-corrected chi connectivity index (χ2v) is 5.90. The summed E-state index contributed by atoms with van der Waals surface area (Å²) in [5, 5.41) is 13.4. The Morgan fingerprint density at radius 1 is 1.26 bits per heavy atom. The van der Waals surface area contributed by atoms with E-state index in [1.807, 2.05) is 25.1 Å². The predicted octanol–water partition coefficient (Wildman–Crippen LogP) is 4.29. The first kappa shape index (κ1) is 15.4. The van der Waals surface area contributed by atoms with Crippen LogP contribution in [0.25, 0.3) is 10.9 Å². The van der Waals surface area contributed by atoms with Gasteiger partial charge in [-0.2, -0.15) is 0 Å². The molecule has 3 rings (SSSR count). The maximum Gasteiger partial charge on any atom is 0.272 e. The molecule has 0 atom stereocenters. The maximum absolute atomic E-state index is 12.4. The molecule has 0 radical (unpaired) electrons. The molecule has 0 fully saturated rings. The number of benzene rings is 2. The van der Waals surface area contributed by atoms with E-state index in [1.165, 1.54) is 6.07 Å². The zero-order valence-corrected chi connectivity index (χ0v) is 14.0. The van der Waals surface area contributed by atoms with Gasteiger partial charge in [-0.25, -0.2) is 0 Å². The number of phenolic OH excluding ortho intramolecular Hbond substituents is 1. The number of halogens is 1. The Morgan fingerprint density at radius 2 is 2.09 bits per heavy atom. The first-order valence-electron chi connectivity index (χ1n) is 7.12. The van der Waals surface area contributed by atoms with E-state index in [2.05, 4.69) is 26.2 Å². The molecule has 0 aliphatic rings. The number of aromatic hydroxyl groups is 1. The smallest absolute Gasteiger partial charge is 0.272 e. The molecule has 5 nitrogen and oxygen atoms in total. The largest absolute Gasteiger partial charge is 0.506 e. The first-order chi connectivity index (χ1) is 11.1. The van der Waals surface area contributed by atoms with E-state index in [-0.39, 0.29) is 11.7 Å². The highest BCUT2D eigenvalue weighted by molar-refractivity contribution is 9.10. The molecule has 23 heavy (non-hydrogen) atoms. The third kappa shape index (κ3) is 3.32. The molecule has 1 heterocycles. The highest BCUT2D eigenvalue weighted by atomic mass is 79.9. The van der Waals surface area contributed by atoms with Crippen molar-refractivity contribution in [2.75, 3.05) is 11.9 Å². The number of aromatic nitrogens is 1. The summed E-state index contributed by atoms with van der Waals surface area (Å²) >= 11 is 3.31. The van der Waals surface area contributed by atoms with Crippen molar-refractivity contribution in [1.82, 2.24) is 4.98 Å². The number of carbonyl (C=O) groups is 1. The number of hydrogen-bond acceptors (Lipinski definition) is 3. The Balaban J connectivity index is 1.87. The summed E-state index contributed by atoms with van der Waals surface area (Å²) in [6, 6.07) is 12.2. The van der Waals surface area contributed by atoms with Crippen molar-refractivity contribution < 1.29 is 14.6 Å². The van der Waals surface area contributed by atoms with Crippen molar-refractivity contribution in [3.8, 4) is 11.5 Å². The summed E-state index contributed by atoms with van der Waals surface area (Å²) in [5.74, 6) is 0.433. The van der Waals surface area contributed by atoms with E-state index in [1.54, 1.807) is 18.2 Å². The van der Waals surface area contributed by atoms with Gasteiger partial charge in [0.15, 0.2) is 0 Å². The second-order valence-electron chi connectivity index (χ2n) is 4.98. The Hall–Kier alpha value is -2.47. The second kappa shape index (κ2) is 6.34. The van der Waals surface area contributed by atoms with Crippen LogP contribution in [0.2, 0.25) is 0 Å². The number of fused-ring (bicyclic) bond motifs is 1. The Morgan fingerprint density at radius 3 is 2.87 bits per heavy atom. The number of H-pyrrole nitrogens is 1. The summed E-state index contributed by atoms with van der Waals surface area (Å²) in [6.07, 6.45) is 0. The standard InChI is InChI=1S/C17H15BrN2O3/c1-2-23-12-5-3-10-7-15(19-13(10)9-12)17(22)20-14-8-11(18)4-6-16(14)21/h3-9,19,21H,2H2,1H3,(H,20,22). The van der Waals surface area contributed by atoms with Crippen LogP contribution in [0.1, 0.15) is 17.4 Å². The average molecular weight is 375 g/mol. The molecule has 0 bridgehead atoms. The summed E-state index contributed by atoms with van der Waals surface area (Å²) in [5.41, 5.74) is 1.57. The lowest BCUT2D eigenvalue weighted by atomic mass is 10.2. The van der Waals surface area contributed by atoms with Crippen LogP contribution >= 0.6 is 15.9 Å². The molecule has 1 aromatic heterocycles. The average Bonchev–Trinajstić information content (AvgIpc) is 2.94. The van der Waals surface area contributed by atoms with Gasteiger partial charge in [-0.05, 0) is 43.3 Å². The van der Waals surface area contributed by atoms with Gasteiger partial charge in [0.1, 0.15) is 17.2 Å². The number of aromatic amines is 1. The van der Waals surface area contributed by atoms with Crippen LogP contribution in [0.4, 0.5) is 5.69 Å². The quantitative estimate of drug-likeness (QED) is 0.596. The van der Waals surface area contributed by atoms with Crippen molar-refractivity contribution in [1.29, 1.82) is 0 Å². The number of anilines is 1. The van der Waals surface area contributed by atoms with Crippen molar-refractivity contribution >= 4 is 38.4 Å². The molecule has 6 heteroatoms. The van der Waals surface area contributed by atoms with Crippen LogP contribution in [-0.4, -0.2) is 22.6 Å². The van der Waals surface area contributed by atoms with E-state index in [0.717, 1.165) is 21.1 Å². The molecule has 0 saturated carbocycles. The van der Waals surface area contributed by atoms with Crippen molar-refractivity contribution in [3.63, 3.8) is 0 Å². The minimum Gasteiger partial charge on any atom is -0.506 e. The normalized spacial score (nSPS) is 10.7. The van der Waals surface area contributed by atoms with Crippen LogP contribution in [0.15, 0.2) is 46.9 Å². The van der Waals surface area contributed by atoms with Crippen LogP contribution in [-0.2, 0) is 0 Å². The molecular formula is C17H15BrN2O3. The lowest BCUT2D eigenvalue weighted by Gasteiger charge is -2.06. The summed E-state index contributed by atoms with van der Waals surface area (Å²) in [6.45, 7) is 2.50. The Kier molecular flexibility index (Phi) is 4.25. The van der Waals surface area contributed by atoms with Gasteiger partial charge < -0.3 is 20.1 Å². The summed E-state index contributed by atoms with van der Waals surface area (Å²) < 4.78 is 6.22. The zero-order valence-electron chi connectivity index (χ0n) is 12.4. The van der Waals surface area contributed by atoms with E-state index in [4.69, 9.17) is 4.74 Å². The third-order valence-electron chi connectivity index (χ3n) is 3.36. The molecule has 3 N–H and O–H groups in total. The molecule has 3 aromatic rings. The minimum atomic E-state index is -0.326. The number of rotatable bonds is 4. The molecule has 118 valence electrons. The maximum atomic E-state index is 12.4. The van der Waals surface area contributed by atoms with Crippen molar-refractivity contribution in [3.05, 3.63) is 52.6 Å². The minimum absolute atomic E-state index is 0.0105. The van der Waals surface area contributed by atoms with Gasteiger partial charge in [0.25, 0.3) is 5.91 Å². The van der Waals surface area contributed by atoms with Crippen molar-refractivity contribution in [2.24, 2.45) is 0 Å². The highest BCUT2D eigenvalue weighted by Crippen LogP contribution is 2.28. The topological polar surface area (TPSA) is 74.3 Å².